The summed E-state index contributed by atoms with van der Waals surface area (Å²) in [6.07, 6.45) is 11.3. The fourth-order valence-corrected chi connectivity index (χ4v) is 12.1. The van der Waals surface area contributed by atoms with E-state index in [9.17, 15) is 0 Å². The van der Waals surface area contributed by atoms with E-state index in [0.717, 1.165) is 51.8 Å². The number of phosphoric acid groups is 1. The van der Waals surface area contributed by atoms with Crippen molar-refractivity contribution in [2.24, 2.45) is 0 Å². The zero-order chi connectivity index (χ0) is 59.4. The molecule has 0 bridgehead atoms. The molecule has 0 amide bonds. The van der Waals surface area contributed by atoms with Gasteiger partial charge < -0.3 is 33.2 Å². The van der Waals surface area contributed by atoms with Crippen molar-refractivity contribution < 1.29 is 51.3 Å². The molecular formula is C74H93O11P. The summed E-state index contributed by atoms with van der Waals surface area (Å²) >= 11 is 0. The number of phosphoric ester groups is 1. The van der Waals surface area contributed by atoms with Gasteiger partial charge in [0.15, 0.2) is 0 Å². The van der Waals surface area contributed by atoms with Gasteiger partial charge in [-0.2, -0.15) is 0 Å². The van der Waals surface area contributed by atoms with Crippen molar-refractivity contribution >= 4 is 7.82 Å². The normalized spacial score (nSPS) is 18.8. The molecule has 3 unspecified atom stereocenters. The van der Waals surface area contributed by atoms with E-state index < -0.39 is 50.6 Å². The Kier molecular flexibility index (Phi) is 30.3. The van der Waals surface area contributed by atoms with Gasteiger partial charge in [-0.3, -0.25) is 13.6 Å². The number of benzene rings is 7. The Hall–Kier alpha value is -5.63. The number of unbranched alkanes of at least 4 members (excludes halogenated alkanes) is 13. The average Bonchev–Trinajstić information content (AvgIpc) is 3.42. The zero-order valence-corrected chi connectivity index (χ0v) is 51.6. The summed E-state index contributed by atoms with van der Waals surface area (Å²) < 4.78 is 85.4. The van der Waals surface area contributed by atoms with Gasteiger partial charge in [0.2, 0.25) is 0 Å². The van der Waals surface area contributed by atoms with Crippen molar-refractivity contribution in [3.63, 3.8) is 0 Å². The second-order valence-corrected chi connectivity index (χ2v) is 24.1. The Balaban J connectivity index is 1.09. The zero-order valence-electron chi connectivity index (χ0n) is 50.7. The summed E-state index contributed by atoms with van der Waals surface area (Å²) in [6, 6.07) is 69.4. The molecule has 0 aliphatic heterocycles. The fraction of sp³-hybridized carbons (Fsp3) is 0.432. The molecule has 1 saturated carbocycles. The Morgan fingerprint density at radius 2 is 0.593 bits per heavy atom. The Bertz CT molecular complexity index is 2740. The van der Waals surface area contributed by atoms with E-state index in [-0.39, 0.29) is 59.5 Å². The van der Waals surface area contributed by atoms with Gasteiger partial charge >= 0.3 is 7.82 Å². The molecule has 1 aliphatic rings. The molecular weight excluding hydrogens is 1100 g/mol. The minimum atomic E-state index is -4.68. The highest BCUT2D eigenvalue weighted by atomic mass is 31.2. The Labute approximate surface area is 513 Å². The molecule has 0 heterocycles. The van der Waals surface area contributed by atoms with Crippen molar-refractivity contribution in [2.45, 2.75) is 186 Å². The van der Waals surface area contributed by atoms with Crippen LogP contribution < -0.4 is 0 Å². The molecule has 0 aromatic heterocycles. The van der Waals surface area contributed by atoms with Gasteiger partial charge in [0.05, 0.1) is 59.5 Å². The molecule has 460 valence electrons. The third kappa shape index (κ3) is 24.2. The molecule has 7 aromatic carbocycles. The maximum Gasteiger partial charge on any atom is 0.475 e. The van der Waals surface area contributed by atoms with Crippen LogP contribution in [0.3, 0.4) is 0 Å². The second-order valence-electron chi connectivity index (χ2n) is 22.5. The molecule has 0 saturated heterocycles. The minimum Gasteiger partial charge on any atom is -0.379 e. The highest BCUT2D eigenvalue weighted by Gasteiger charge is 2.57. The van der Waals surface area contributed by atoms with Crippen molar-refractivity contribution in [3.05, 3.63) is 251 Å². The molecule has 11 nitrogen and oxygen atoms in total. The van der Waals surface area contributed by atoms with Gasteiger partial charge in [-0.15, -0.1) is 0 Å². The van der Waals surface area contributed by atoms with E-state index in [4.69, 9.17) is 46.7 Å². The molecule has 86 heavy (non-hydrogen) atoms. The number of rotatable bonds is 43. The van der Waals surface area contributed by atoms with E-state index in [1.54, 1.807) is 0 Å². The predicted octanol–water partition coefficient (Wildman–Crippen LogP) is 17.7. The lowest BCUT2D eigenvalue weighted by Crippen LogP contribution is -2.67. The summed E-state index contributed by atoms with van der Waals surface area (Å²) in [5.41, 5.74) is 6.40. The van der Waals surface area contributed by atoms with Crippen molar-refractivity contribution in [1.82, 2.24) is 0 Å². The highest BCUT2D eigenvalue weighted by molar-refractivity contribution is 7.48. The largest absolute Gasteiger partial charge is 0.475 e. The van der Waals surface area contributed by atoms with Crippen LogP contribution >= 0.6 is 7.82 Å². The fourth-order valence-electron chi connectivity index (χ4n) is 10.7. The highest BCUT2D eigenvalue weighted by Crippen LogP contribution is 2.54. The summed E-state index contributed by atoms with van der Waals surface area (Å²) in [7, 11) is -4.68. The lowest BCUT2D eigenvalue weighted by Gasteiger charge is -2.50. The van der Waals surface area contributed by atoms with Gasteiger partial charge in [-0.1, -0.05) is 303 Å². The van der Waals surface area contributed by atoms with E-state index in [1.165, 1.54) is 77.0 Å². The lowest BCUT2D eigenvalue weighted by atomic mass is 9.83. The first-order valence-electron chi connectivity index (χ1n) is 31.6. The molecule has 8 rings (SSSR count). The monoisotopic (exact) mass is 1190 g/mol. The van der Waals surface area contributed by atoms with Gasteiger partial charge in [0.1, 0.15) is 42.7 Å². The first-order chi connectivity index (χ1) is 42.5. The van der Waals surface area contributed by atoms with E-state index in [0.29, 0.717) is 6.61 Å². The summed E-state index contributed by atoms with van der Waals surface area (Å²) in [4.78, 5) is 0. The van der Waals surface area contributed by atoms with Crippen LogP contribution in [-0.2, 0) is 97.5 Å². The topological polar surface area (TPSA) is 109 Å². The molecule has 0 spiro atoms. The predicted molar refractivity (Wildman–Crippen MR) is 341 cm³/mol. The van der Waals surface area contributed by atoms with Crippen LogP contribution in [-0.4, -0.2) is 62.5 Å². The van der Waals surface area contributed by atoms with Gasteiger partial charge in [-0.05, 0) is 45.4 Å². The maximum atomic E-state index is 16.3. The third-order valence-corrected chi connectivity index (χ3v) is 17.0. The van der Waals surface area contributed by atoms with Crippen LogP contribution in [0.4, 0.5) is 0 Å². The van der Waals surface area contributed by atoms with Gasteiger partial charge in [0, 0.05) is 6.61 Å². The first kappa shape index (κ1) is 66.3. The third-order valence-electron chi connectivity index (χ3n) is 15.5. The van der Waals surface area contributed by atoms with Crippen LogP contribution in [0.1, 0.15) is 136 Å². The maximum absolute atomic E-state index is 16.3. The molecule has 7 aromatic rings. The summed E-state index contributed by atoms with van der Waals surface area (Å²) in [6.45, 7) is 3.93. The van der Waals surface area contributed by atoms with Crippen molar-refractivity contribution in [1.29, 1.82) is 0 Å². The number of hydrogen-bond donors (Lipinski definition) is 0. The van der Waals surface area contributed by atoms with Crippen molar-refractivity contribution in [3.8, 4) is 0 Å². The minimum absolute atomic E-state index is 0.0915. The number of hydrogen-bond acceptors (Lipinski definition) is 11. The molecule has 12 heteroatoms. The van der Waals surface area contributed by atoms with Crippen molar-refractivity contribution in [2.75, 3.05) is 19.8 Å². The summed E-state index contributed by atoms with van der Waals surface area (Å²) in [5, 5.41) is 0. The van der Waals surface area contributed by atoms with E-state index >= 15 is 4.57 Å². The SMILES string of the molecule is CCCCCCCCCCCCCCCCOC[C@H](COP(=O)(OCc1ccccc1)OC1[C@H](OCc2ccccc2)[C@H](OCc2ccccc2)C(OCc2ccccc2)[C@H](OCc2ccccc2)[C@H]1OCc1ccccc1)OCc1ccccc1. The number of ether oxygens (including phenoxy) is 7. The van der Waals surface area contributed by atoms with Crippen LogP contribution in [0.5, 0.6) is 0 Å². The van der Waals surface area contributed by atoms with Crippen LogP contribution in [0, 0.1) is 0 Å². The van der Waals surface area contributed by atoms with Gasteiger partial charge in [-0.25, -0.2) is 4.57 Å². The van der Waals surface area contributed by atoms with E-state index in [2.05, 4.69) is 6.92 Å². The lowest BCUT2D eigenvalue weighted by molar-refractivity contribution is -0.281. The Morgan fingerprint density at radius 1 is 0.314 bits per heavy atom. The first-order valence-corrected chi connectivity index (χ1v) is 33.1. The summed E-state index contributed by atoms with van der Waals surface area (Å²) in [5.74, 6) is 0. The molecule has 0 radical (unpaired) electrons. The van der Waals surface area contributed by atoms with Crippen LogP contribution in [0.15, 0.2) is 212 Å². The molecule has 1 fully saturated rings. The van der Waals surface area contributed by atoms with E-state index in [1.807, 2.05) is 212 Å². The molecule has 8 atom stereocenters. The Morgan fingerprint density at radius 3 is 0.919 bits per heavy atom. The average molecular weight is 1190 g/mol. The quantitative estimate of drug-likeness (QED) is 0.0269. The van der Waals surface area contributed by atoms with Gasteiger partial charge in [0.25, 0.3) is 0 Å². The molecule has 0 N–H and O–H groups in total. The van der Waals surface area contributed by atoms with Crippen LogP contribution in [0.2, 0.25) is 0 Å². The second kappa shape index (κ2) is 39.3. The smallest absolute Gasteiger partial charge is 0.379 e. The standard InChI is InChI=1S/C74H93O11P/c1-2-3-4-5-6-7-8-9-10-11-12-13-14-36-51-76-59-68(77-52-61-37-22-15-23-38-61)60-84-86(75,83-58-67-49-34-21-35-50-67)85-74-72(81-56-65-45-30-19-31-46-65)70(79-54-63-41-26-17-27-42-63)69(78-53-62-39-24-16-25-40-62)71(80-55-64-43-28-18-29-44-64)73(74)82-57-66-47-32-20-33-48-66/h15-35,37-50,68-74H,2-14,36,51-60H2,1H3/t68-,69?,70-,71+,72-,73-,74?,86?/m1/s1. The molecule has 1 aliphatic carbocycles. The van der Waals surface area contributed by atoms with Crippen LogP contribution in [0.25, 0.3) is 0 Å².